The van der Waals surface area contributed by atoms with Crippen molar-refractivity contribution in [3.63, 3.8) is 0 Å². The van der Waals surface area contributed by atoms with Crippen LogP contribution in [0.5, 0.6) is 0 Å². The molecule has 0 spiro atoms. The number of hydrogen-bond donors (Lipinski definition) is 1. The van der Waals surface area contributed by atoms with Crippen molar-refractivity contribution < 1.29 is 42.9 Å². The van der Waals surface area contributed by atoms with Crippen molar-refractivity contribution in [3.05, 3.63) is 54.2 Å². The smallest absolute Gasteiger partial charge is 0.323 e. The van der Waals surface area contributed by atoms with Crippen LogP contribution in [0, 0.1) is 0 Å². The van der Waals surface area contributed by atoms with Crippen LogP contribution in [-0.4, -0.2) is 74.4 Å². The fourth-order valence-corrected chi connectivity index (χ4v) is 4.28. The number of carbonyl (C=O) groups is 4. The summed E-state index contributed by atoms with van der Waals surface area (Å²) in [4.78, 5) is 60.6. The molecule has 0 unspecified atom stereocenters. The number of nitrogens with zero attached hydrogens (tertiary/aromatic N) is 4. The number of nitrogens with two attached hydrogens (primary N) is 1. The van der Waals surface area contributed by atoms with Crippen LogP contribution in [-0.2, 0) is 55.9 Å². The number of rotatable bonds is 10. The van der Waals surface area contributed by atoms with Crippen LogP contribution in [0.3, 0.4) is 0 Å². The molecule has 3 heterocycles. The van der Waals surface area contributed by atoms with Gasteiger partial charge >= 0.3 is 23.9 Å². The van der Waals surface area contributed by atoms with Crippen molar-refractivity contribution in [1.29, 1.82) is 0 Å². The van der Waals surface area contributed by atoms with E-state index in [0.717, 1.165) is 5.56 Å². The predicted octanol–water partition coefficient (Wildman–Crippen LogP) is 0.763. The molecule has 0 radical (unpaired) electrons. The molecule has 1 fully saturated rings. The van der Waals surface area contributed by atoms with E-state index in [1.54, 1.807) is 0 Å². The highest BCUT2D eigenvalue weighted by Gasteiger charge is 2.51. The largest absolute Gasteiger partial charge is 0.463 e. The maximum Gasteiger partial charge on any atom is 0.323 e. The number of esters is 4. The number of imidazole rings is 1. The van der Waals surface area contributed by atoms with Crippen molar-refractivity contribution in [2.45, 2.75) is 64.4 Å². The van der Waals surface area contributed by atoms with Crippen LogP contribution in [0.1, 0.15) is 38.3 Å². The summed E-state index contributed by atoms with van der Waals surface area (Å²) in [6.45, 7) is 3.44. The van der Waals surface area contributed by atoms with Crippen LogP contribution in [0.15, 0.2) is 43.0 Å². The van der Waals surface area contributed by atoms with Gasteiger partial charge in [-0.3, -0.25) is 23.7 Å². The number of benzene rings is 1. The molecule has 14 heteroatoms. The van der Waals surface area contributed by atoms with Crippen molar-refractivity contribution in [1.82, 2.24) is 19.5 Å². The first-order valence-corrected chi connectivity index (χ1v) is 12.4. The lowest BCUT2D eigenvalue weighted by Crippen LogP contribution is -2.40. The van der Waals surface area contributed by atoms with Gasteiger partial charge in [0.15, 0.2) is 24.1 Å². The van der Waals surface area contributed by atoms with Gasteiger partial charge in [-0.15, -0.1) is 0 Å². The molecule has 14 nitrogen and oxygen atoms in total. The molecule has 1 aliphatic heterocycles. The Morgan fingerprint density at radius 1 is 0.950 bits per heavy atom. The van der Waals surface area contributed by atoms with Crippen molar-refractivity contribution in [2.75, 3.05) is 6.61 Å². The highest BCUT2D eigenvalue weighted by molar-refractivity contribution is 5.78. The van der Waals surface area contributed by atoms with E-state index in [9.17, 15) is 19.2 Å². The molecule has 0 aliphatic carbocycles. The Morgan fingerprint density at radius 3 is 2.33 bits per heavy atom. The number of ether oxygens (including phenoxy) is 5. The Kier molecular flexibility index (Phi) is 9.01. The van der Waals surface area contributed by atoms with Crippen LogP contribution in [0.25, 0.3) is 11.2 Å². The Bertz CT molecular complexity index is 1380. The Morgan fingerprint density at radius 2 is 1.65 bits per heavy atom. The van der Waals surface area contributed by atoms with Gasteiger partial charge in [-0.2, -0.15) is 0 Å². The zero-order valence-electron chi connectivity index (χ0n) is 22.1. The van der Waals surface area contributed by atoms with Crippen LogP contribution in [0.2, 0.25) is 0 Å². The van der Waals surface area contributed by atoms with Crippen LogP contribution < -0.4 is 5.73 Å². The zero-order chi connectivity index (χ0) is 28.8. The minimum atomic E-state index is -1.12. The van der Waals surface area contributed by atoms with E-state index < -0.39 is 54.5 Å². The quantitative estimate of drug-likeness (QED) is 0.273. The first-order valence-electron chi connectivity index (χ1n) is 12.4. The molecular formula is C26H29N5O9. The predicted molar refractivity (Wildman–Crippen MR) is 135 cm³/mol. The zero-order valence-corrected chi connectivity index (χ0v) is 22.1. The van der Waals surface area contributed by atoms with Crippen molar-refractivity contribution in [2.24, 2.45) is 5.73 Å². The number of carbonyl (C=O) groups excluding carboxylic acids is 4. The maximum absolute atomic E-state index is 12.5. The second kappa shape index (κ2) is 12.6. The van der Waals surface area contributed by atoms with Gasteiger partial charge in [-0.05, 0) is 5.56 Å². The van der Waals surface area contributed by atoms with E-state index in [1.165, 1.54) is 38.0 Å². The van der Waals surface area contributed by atoms with Crippen LogP contribution in [0.4, 0.5) is 0 Å². The van der Waals surface area contributed by atoms with E-state index >= 15 is 0 Å². The van der Waals surface area contributed by atoms with Gasteiger partial charge in [0.25, 0.3) is 0 Å². The summed E-state index contributed by atoms with van der Waals surface area (Å²) in [6, 6.07) is 8.17. The minimum absolute atomic E-state index is 0.00764. The molecule has 0 bridgehead atoms. The van der Waals surface area contributed by atoms with Gasteiger partial charge in [0.2, 0.25) is 0 Å². The Labute approximate surface area is 228 Å². The normalized spacial score (nSPS) is 21.0. The van der Waals surface area contributed by atoms with Gasteiger partial charge in [-0.25, -0.2) is 15.0 Å². The summed E-state index contributed by atoms with van der Waals surface area (Å²) in [5, 5.41) is 0. The highest BCUT2D eigenvalue weighted by atomic mass is 16.7. The molecule has 2 aromatic heterocycles. The van der Waals surface area contributed by atoms with Crippen LogP contribution >= 0.6 is 0 Å². The number of fused-ring (bicyclic) bond motifs is 1. The van der Waals surface area contributed by atoms with Crippen molar-refractivity contribution >= 4 is 35.0 Å². The van der Waals surface area contributed by atoms with E-state index in [-0.39, 0.29) is 25.3 Å². The fourth-order valence-electron chi connectivity index (χ4n) is 4.28. The summed E-state index contributed by atoms with van der Waals surface area (Å²) in [6.07, 6.45) is -1.53. The Balaban J connectivity index is 1.57. The second-order valence-electron chi connectivity index (χ2n) is 9.06. The first-order chi connectivity index (χ1) is 19.1. The topological polar surface area (TPSA) is 184 Å². The maximum atomic E-state index is 12.5. The molecular weight excluding hydrogens is 526 g/mol. The molecule has 40 heavy (non-hydrogen) atoms. The summed E-state index contributed by atoms with van der Waals surface area (Å²) < 4.78 is 28.8. The average Bonchev–Trinajstić information content (AvgIpc) is 3.48. The van der Waals surface area contributed by atoms with E-state index in [0.29, 0.717) is 11.2 Å². The lowest BCUT2D eigenvalue weighted by Gasteiger charge is -2.23. The standard InChI is InChI=1S/C26H29N5O9/c1-14(32)36-11-20-22(38-15(2)33)23(39-16(3)34)25(40-20)31-13-30-21-19(28-12-29-24(21)31)9-18(27)26(35)37-10-17-7-5-4-6-8-17/h4-8,12-13,18,20,22-23,25H,9-11,27H2,1-3H3/t18-,20-,22-,23-,25+/m1/s1. The molecule has 5 atom stereocenters. The van der Waals surface area contributed by atoms with Gasteiger partial charge in [0, 0.05) is 27.2 Å². The van der Waals surface area contributed by atoms with Gasteiger partial charge in [0.05, 0.1) is 12.0 Å². The lowest BCUT2D eigenvalue weighted by molar-refractivity contribution is -0.166. The minimum Gasteiger partial charge on any atom is -0.463 e. The summed E-state index contributed by atoms with van der Waals surface area (Å²) in [7, 11) is 0. The molecule has 0 saturated carbocycles. The highest BCUT2D eigenvalue weighted by Crippen LogP contribution is 2.36. The van der Waals surface area contributed by atoms with Crippen molar-refractivity contribution in [3.8, 4) is 0 Å². The fraction of sp³-hybridized carbons (Fsp3) is 0.423. The number of hydrogen-bond acceptors (Lipinski definition) is 13. The monoisotopic (exact) mass is 555 g/mol. The van der Waals surface area contributed by atoms with Gasteiger partial charge < -0.3 is 29.4 Å². The summed E-state index contributed by atoms with van der Waals surface area (Å²) in [5.41, 5.74) is 7.92. The molecule has 2 N–H and O–H groups in total. The third-order valence-corrected chi connectivity index (χ3v) is 5.99. The summed E-state index contributed by atoms with van der Waals surface area (Å²) >= 11 is 0. The molecule has 1 saturated heterocycles. The molecule has 0 amide bonds. The Hall–Kier alpha value is -4.43. The second-order valence-corrected chi connectivity index (χ2v) is 9.06. The molecule has 3 aromatic rings. The van der Waals surface area contributed by atoms with Gasteiger partial charge in [-0.1, -0.05) is 30.3 Å². The summed E-state index contributed by atoms with van der Waals surface area (Å²) in [5.74, 6) is -2.47. The van der Waals surface area contributed by atoms with E-state index in [1.807, 2.05) is 30.3 Å². The van der Waals surface area contributed by atoms with Gasteiger partial charge in [0.1, 0.15) is 37.2 Å². The molecule has 1 aromatic carbocycles. The third-order valence-electron chi connectivity index (χ3n) is 5.99. The van der Waals surface area contributed by atoms with E-state index in [4.69, 9.17) is 29.4 Å². The van der Waals surface area contributed by atoms with E-state index in [2.05, 4.69) is 15.0 Å². The molecule has 212 valence electrons. The molecule has 1 aliphatic rings. The third kappa shape index (κ3) is 6.76. The number of aromatic nitrogens is 4. The lowest BCUT2D eigenvalue weighted by atomic mass is 10.1. The average molecular weight is 556 g/mol. The SMILES string of the molecule is CC(=O)OC[C@H]1O[C@H](n2cnc3c(C[C@@H](N)C(=O)OCc4ccccc4)ncnc32)[C@H](OC(C)=O)[C@@H]1OC(C)=O. The first kappa shape index (κ1) is 28.6. The molecule has 4 rings (SSSR count).